The van der Waals surface area contributed by atoms with Crippen LogP contribution in [0, 0.1) is 0 Å². The molecule has 0 atom stereocenters. The first-order valence-electron chi connectivity index (χ1n) is 4.98. The molecule has 14 heavy (non-hydrogen) atoms. The van der Waals surface area contributed by atoms with Crippen molar-refractivity contribution in [2.24, 2.45) is 0 Å². The molecule has 1 aliphatic rings. The number of pyridine rings is 1. The maximum Gasteiger partial charge on any atom is 0.143 e. The molecule has 0 unspecified atom stereocenters. The predicted octanol–water partition coefficient (Wildman–Crippen LogP) is 4.11. The highest BCUT2D eigenvalue weighted by Crippen LogP contribution is 2.37. The van der Waals surface area contributed by atoms with E-state index in [-0.39, 0.29) is 0 Å². The first kappa shape index (κ1) is 10.4. The minimum absolute atomic E-state index is 0.511. The van der Waals surface area contributed by atoms with Crippen LogP contribution in [0.15, 0.2) is 4.47 Å². The zero-order valence-electron chi connectivity index (χ0n) is 8.40. The van der Waals surface area contributed by atoms with Crippen molar-refractivity contribution in [2.45, 2.75) is 39.0 Å². The number of hydrogen-bond acceptors (Lipinski definition) is 1. The van der Waals surface area contributed by atoms with Gasteiger partial charge < -0.3 is 0 Å². The Hall–Kier alpha value is -0.0800. The summed E-state index contributed by atoms with van der Waals surface area (Å²) in [5.74, 6) is 0.511. The molecule has 0 fully saturated rings. The van der Waals surface area contributed by atoms with E-state index < -0.39 is 0 Å². The second-order valence-corrected chi connectivity index (χ2v) is 5.21. The zero-order chi connectivity index (χ0) is 10.3. The van der Waals surface area contributed by atoms with Crippen molar-refractivity contribution in [1.29, 1.82) is 0 Å². The van der Waals surface area contributed by atoms with E-state index in [0.29, 0.717) is 11.1 Å². The van der Waals surface area contributed by atoms with Crippen LogP contribution in [0.25, 0.3) is 0 Å². The molecule has 0 N–H and O–H groups in total. The SMILES string of the molecule is CC(C)c1c(Br)c(Cl)nc2c1CCC2. The lowest BCUT2D eigenvalue weighted by Crippen LogP contribution is -2.00. The summed E-state index contributed by atoms with van der Waals surface area (Å²) in [4.78, 5) is 4.41. The van der Waals surface area contributed by atoms with Crippen molar-refractivity contribution in [3.63, 3.8) is 0 Å². The monoisotopic (exact) mass is 273 g/mol. The van der Waals surface area contributed by atoms with Gasteiger partial charge in [0.2, 0.25) is 0 Å². The van der Waals surface area contributed by atoms with Crippen LogP contribution in [-0.4, -0.2) is 4.98 Å². The van der Waals surface area contributed by atoms with E-state index in [1.54, 1.807) is 0 Å². The van der Waals surface area contributed by atoms with E-state index in [1.165, 1.54) is 23.2 Å². The molecule has 0 saturated heterocycles. The summed E-state index contributed by atoms with van der Waals surface area (Å²) in [6, 6.07) is 0. The molecule has 1 aromatic rings. The van der Waals surface area contributed by atoms with Crippen molar-refractivity contribution in [3.8, 4) is 0 Å². The minimum atomic E-state index is 0.511. The molecule has 2 rings (SSSR count). The Morgan fingerprint density at radius 2 is 2.07 bits per heavy atom. The van der Waals surface area contributed by atoms with Gasteiger partial charge in [-0.3, -0.25) is 0 Å². The largest absolute Gasteiger partial charge is 0.240 e. The number of hydrogen-bond donors (Lipinski definition) is 0. The van der Waals surface area contributed by atoms with Crippen LogP contribution in [0.2, 0.25) is 5.15 Å². The van der Waals surface area contributed by atoms with E-state index in [0.717, 1.165) is 17.3 Å². The first-order chi connectivity index (χ1) is 6.61. The summed E-state index contributed by atoms with van der Waals surface area (Å²) in [6.45, 7) is 4.41. The van der Waals surface area contributed by atoms with E-state index >= 15 is 0 Å². The van der Waals surface area contributed by atoms with Gasteiger partial charge in [-0.2, -0.15) is 0 Å². The zero-order valence-corrected chi connectivity index (χ0v) is 10.7. The van der Waals surface area contributed by atoms with Crippen LogP contribution in [0.1, 0.15) is 43.0 Å². The number of fused-ring (bicyclic) bond motifs is 1. The van der Waals surface area contributed by atoms with Crippen molar-refractivity contribution in [3.05, 3.63) is 26.4 Å². The predicted molar refractivity (Wildman–Crippen MR) is 63.1 cm³/mol. The first-order valence-corrected chi connectivity index (χ1v) is 6.15. The number of aryl methyl sites for hydroxylation is 1. The van der Waals surface area contributed by atoms with E-state index in [9.17, 15) is 0 Å². The molecule has 1 nitrogen and oxygen atoms in total. The molecule has 1 heterocycles. The number of rotatable bonds is 1. The van der Waals surface area contributed by atoms with Gasteiger partial charge in [-0.05, 0) is 52.2 Å². The Labute approximate surface area is 98.0 Å². The second kappa shape index (κ2) is 3.82. The third-order valence-electron chi connectivity index (χ3n) is 2.74. The third-order valence-corrected chi connectivity index (χ3v) is 4.05. The number of aromatic nitrogens is 1. The van der Waals surface area contributed by atoms with Gasteiger partial charge in [-0.1, -0.05) is 25.4 Å². The van der Waals surface area contributed by atoms with Gasteiger partial charge in [0.15, 0.2) is 0 Å². The van der Waals surface area contributed by atoms with Crippen molar-refractivity contribution in [1.82, 2.24) is 4.98 Å². The van der Waals surface area contributed by atoms with Crippen LogP contribution in [0.4, 0.5) is 0 Å². The fourth-order valence-electron chi connectivity index (χ4n) is 2.15. The fourth-order valence-corrected chi connectivity index (χ4v) is 3.14. The van der Waals surface area contributed by atoms with Crippen LogP contribution in [0.3, 0.4) is 0 Å². The third kappa shape index (κ3) is 1.59. The van der Waals surface area contributed by atoms with Gasteiger partial charge in [-0.25, -0.2) is 4.98 Å². The summed E-state index contributed by atoms with van der Waals surface area (Å²) >= 11 is 9.62. The molecule has 0 aromatic carbocycles. The number of nitrogens with zero attached hydrogens (tertiary/aromatic N) is 1. The van der Waals surface area contributed by atoms with Gasteiger partial charge in [0.1, 0.15) is 5.15 Å². The highest BCUT2D eigenvalue weighted by Gasteiger charge is 2.22. The van der Waals surface area contributed by atoms with Crippen LogP contribution in [0.5, 0.6) is 0 Å². The fraction of sp³-hybridized carbons (Fsp3) is 0.545. The van der Waals surface area contributed by atoms with Crippen LogP contribution in [-0.2, 0) is 12.8 Å². The summed E-state index contributed by atoms with van der Waals surface area (Å²) < 4.78 is 0.995. The lowest BCUT2D eigenvalue weighted by Gasteiger charge is -2.14. The molecule has 76 valence electrons. The minimum Gasteiger partial charge on any atom is -0.240 e. The number of halogens is 2. The second-order valence-electron chi connectivity index (χ2n) is 4.06. The average molecular weight is 275 g/mol. The van der Waals surface area contributed by atoms with Crippen LogP contribution < -0.4 is 0 Å². The molecule has 0 bridgehead atoms. The molecule has 0 amide bonds. The molecule has 0 radical (unpaired) electrons. The molecular weight excluding hydrogens is 261 g/mol. The van der Waals surface area contributed by atoms with E-state index in [2.05, 4.69) is 34.8 Å². The Morgan fingerprint density at radius 3 is 2.71 bits per heavy atom. The standard InChI is InChI=1S/C11H13BrClN/c1-6(2)9-7-4-3-5-8(7)14-11(13)10(9)12/h6H,3-5H2,1-2H3. The summed E-state index contributed by atoms with van der Waals surface area (Å²) in [5, 5.41) is 0.620. The Kier molecular flexibility index (Phi) is 2.85. The molecule has 1 aliphatic carbocycles. The summed E-state index contributed by atoms with van der Waals surface area (Å²) in [6.07, 6.45) is 3.46. The Bertz CT molecular complexity index is 374. The van der Waals surface area contributed by atoms with Crippen LogP contribution >= 0.6 is 27.5 Å². The summed E-state index contributed by atoms with van der Waals surface area (Å²) in [7, 11) is 0. The van der Waals surface area contributed by atoms with Gasteiger partial charge in [0, 0.05) is 5.69 Å². The lowest BCUT2D eigenvalue weighted by molar-refractivity contribution is 0.831. The molecule has 0 spiro atoms. The van der Waals surface area contributed by atoms with Gasteiger partial charge in [0.05, 0.1) is 4.47 Å². The topological polar surface area (TPSA) is 12.9 Å². The van der Waals surface area contributed by atoms with Crippen molar-refractivity contribution in [2.75, 3.05) is 0 Å². The van der Waals surface area contributed by atoms with E-state index in [1.807, 2.05) is 0 Å². The molecule has 3 heteroatoms. The molecule has 0 aliphatic heterocycles. The normalized spacial score (nSPS) is 14.9. The smallest absolute Gasteiger partial charge is 0.143 e. The highest BCUT2D eigenvalue weighted by molar-refractivity contribution is 9.10. The maximum absolute atomic E-state index is 6.08. The van der Waals surface area contributed by atoms with Crippen molar-refractivity contribution < 1.29 is 0 Å². The summed E-state index contributed by atoms with van der Waals surface area (Å²) in [5.41, 5.74) is 4.00. The Balaban J connectivity index is 2.66. The maximum atomic E-state index is 6.08. The lowest BCUT2D eigenvalue weighted by atomic mass is 9.97. The van der Waals surface area contributed by atoms with Gasteiger partial charge in [-0.15, -0.1) is 0 Å². The van der Waals surface area contributed by atoms with E-state index in [4.69, 9.17) is 11.6 Å². The average Bonchev–Trinajstić information content (AvgIpc) is 2.52. The van der Waals surface area contributed by atoms with Gasteiger partial charge in [0.25, 0.3) is 0 Å². The van der Waals surface area contributed by atoms with Gasteiger partial charge >= 0.3 is 0 Å². The molecule has 1 aromatic heterocycles. The highest BCUT2D eigenvalue weighted by atomic mass is 79.9. The Morgan fingerprint density at radius 1 is 1.36 bits per heavy atom. The molecular formula is C11H13BrClN. The van der Waals surface area contributed by atoms with Crippen molar-refractivity contribution >= 4 is 27.5 Å². The quantitative estimate of drug-likeness (QED) is 0.702. The molecule has 0 saturated carbocycles.